The molecule has 94 valence electrons. The first-order chi connectivity index (χ1) is 8.31. The molecule has 0 saturated heterocycles. The van der Waals surface area contributed by atoms with Crippen molar-refractivity contribution < 1.29 is 4.74 Å². The van der Waals surface area contributed by atoms with E-state index in [2.05, 4.69) is 21.5 Å². The predicted molar refractivity (Wildman–Crippen MR) is 71.8 cm³/mol. The number of nitrogens with zero attached hydrogens (tertiary/aromatic N) is 2. The van der Waals surface area contributed by atoms with Crippen LogP contribution < -0.4 is 10.1 Å². The fourth-order valence-electron chi connectivity index (χ4n) is 2.17. The Morgan fingerprint density at radius 2 is 2.12 bits per heavy atom. The van der Waals surface area contributed by atoms with Gasteiger partial charge >= 0.3 is 0 Å². The average Bonchev–Trinajstić information content (AvgIpc) is 2.40. The molecule has 1 heterocycles. The topological polar surface area (TPSA) is 47.0 Å². The van der Waals surface area contributed by atoms with Crippen molar-refractivity contribution in [1.82, 2.24) is 9.97 Å². The van der Waals surface area contributed by atoms with E-state index in [1.54, 1.807) is 19.5 Å². The molecule has 2 atom stereocenters. The molecule has 0 aromatic carbocycles. The van der Waals surface area contributed by atoms with Crippen LogP contribution >= 0.6 is 11.8 Å². The number of rotatable bonds is 4. The van der Waals surface area contributed by atoms with E-state index in [1.165, 1.54) is 25.7 Å². The minimum atomic E-state index is 0.509. The van der Waals surface area contributed by atoms with Gasteiger partial charge in [-0.3, -0.25) is 0 Å². The van der Waals surface area contributed by atoms with E-state index in [0.717, 1.165) is 5.25 Å². The summed E-state index contributed by atoms with van der Waals surface area (Å²) in [5, 5.41) is 4.18. The maximum absolute atomic E-state index is 5.04. The van der Waals surface area contributed by atoms with Crippen LogP contribution in [0.5, 0.6) is 5.75 Å². The molecular formula is C12H19N3OS. The number of ether oxygens (including phenoxy) is 1. The maximum atomic E-state index is 5.04. The van der Waals surface area contributed by atoms with E-state index < -0.39 is 0 Å². The zero-order valence-corrected chi connectivity index (χ0v) is 11.2. The fourth-order valence-corrected chi connectivity index (χ4v) is 3.00. The smallest absolute Gasteiger partial charge is 0.223 e. The van der Waals surface area contributed by atoms with Crippen molar-refractivity contribution in [3.8, 4) is 5.75 Å². The van der Waals surface area contributed by atoms with Gasteiger partial charge in [0.05, 0.1) is 19.5 Å². The zero-order chi connectivity index (χ0) is 12.1. The van der Waals surface area contributed by atoms with Crippen LogP contribution in [0.25, 0.3) is 0 Å². The molecule has 0 amide bonds. The Labute approximate surface area is 107 Å². The van der Waals surface area contributed by atoms with Gasteiger partial charge in [-0.2, -0.15) is 11.8 Å². The third kappa shape index (κ3) is 3.49. The van der Waals surface area contributed by atoms with Crippen molar-refractivity contribution in [3.05, 3.63) is 12.4 Å². The summed E-state index contributed by atoms with van der Waals surface area (Å²) in [5.74, 6) is 1.40. The summed E-state index contributed by atoms with van der Waals surface area (Å²) in [6.45, 7) is 0. The summed E-state index contributed by atoms with van der Waals surface area (Å²) in [5.41, 5.74) is 0. The summed E-state index contributed by atoms with van der Waals surface area (Å²) in [6, 6.07) is 0.509. The second kappa shape index (κ2) is 6.10. The Balaban J connectivity index is 1.90. The first-order valence-electron chi connectivity index (χ1n) is 5.97. The van der Waals surface area contributed by atoms with Gasteiger partial charge in [0.15, 0.2) is 5.75 Å². The molecule has 1 aliphatic rings. The van der Waals surface area contributed by atoms with E-state index in [9.17, 15) is 0 Å². The van der Waals surface area contributed by atoms with Crippen LogP contribution in [0.1, 0.15) is 25.7 Å². The number of nitrogens with one attached hydrogen (secondary N) is 1. The van der Waals surface area contributed by atoms with Crippen LogP contribution in [0.2, 0.25) is 0 Å². The van der Waals surface area contributed by atoms with E-state index in [4.69, 9.17) is 4.74 Å². The van der Waals surface area contributed by atoms with Crippen molar-refractivity contribution >= 4 is 17.7 Å². The SMILES string of the molecule is COc1cnc(NC2CCCC(SC)C2)nc1. The van der Waals surface area contributed by atoms with Gasteiger partial charge in [0, 0.05) is 11.3 Å². The molecule has 0 spiro atoms. The van der Waals surface area contributed by atoms with Crippen molar-refractivity contribution in [2.75, 3.05) is 18.7 Å². The number of aromatic nitrogens is 2. The van der Waals surface area contributed by atoms with Gasteiger partial charge in [0.2, 0.25) is 5.95 Å². The second-order valence-corrected chi connectivity index (χ2v) is 5.45. The molecule has 1 aliphatic carbocycles. The molecule has 1 fully saturated rings. The molecule has 5 heteroatoms. The van der Waals surface area contributed by atoms with E-state index in [0.29, 0.717) is 17.7 Å². The lowest BCUT2D eigenvalue weighted by Crippen LogP contribution is -2.29. The molecule has 2 unspecified atom stereocenters. The Bertz CT molecular complexity index is 344. The predicted octanol–water partition coefficient (Wildman–Crippen LogP) is 2.57. The van der Waals surface area contributed by atoms with Crippen molar-refractivity contribution in [2.24, 2.45) is 0 Å². The molecule has 17 heavy (non-hydrogen) atoms. The van der Waals surface area contributed by atoms with Crippen LogP contribution in [0.3, 0.4) is 0 Å². The number of thioether (sulfide) groups is 1. The van der Waals surface area contributed by atoms with Gasteiger partial charge in [-0.05, 0) is 25.5 Å². The van der Waals surface area contributed by atoms with E-state index in [1.807, 2.05) is 11.8 Å². The van der Waals surface area contributed by atoms with E-state index >= 15 is 0 Å². The number of hydrogen-bond acceptors (Lipinski definition) is 5. The summed E-state index contributed by atoms with van der Waals surface area (Å²) < 4.78 is 5.04. The molecule has 4 nitrogen and oxygen atoms in total. The zero-order valence-electron chi connectivity index (χ0n) is 10.3. The van der Waals surface area contributed by atoms with Gasteiger partial charge < -0.3 is 10.1 Å². The van der Waals surface area contributed by atoms with Crippen LogP contribution in [0.15, 0.2) is 12.4 Å². The van der Waals surface area contributed by atoms with Gasteiger partial charge in [0.25, 0.3) is 0 Å². The highest BCUT2D eigenvalue weighted by molar-refractivity contribution is 7.99. The highest BCUT2D eigenvalue weighted by Crippen LogP contribution is 2.28. The number of methoxy groups -OCH3 is 1. The molecule has 1 aromatic rings. The molecule has 1 saturated carbocycles. The van der Waals surface area contributed by atoms with Crippen molar-refractivity contribution in [1.29, 1.82) is 0 Å². The number of anilines is 1. The second-order valence-electron chi connectivity index (χ2n) is 4.31. The minimum absolute atomic E-state index is 0.509. The highest BCUT2D eigenvalue weighted by atomic mass is 32.2. The molecule has 0 bridgehead atoms. The van der Waals surface area contributed by atoms with Crippen LogP contribution in [0.4, 0.5) is 5.95 Å². The molecule has 1 aromatic heterocycles. The first kappa shape index (κ1) is 12.5. The molecule has 2 rings (SSSR count). The van der Waals surface area contributed by atoms with Crippen molar-refractivity contribution in [3.63, 3.8) is 0 Å². The quantitative estimate of drug-likeness (QED) is 0.893. The summed E-state index contributed by atoms with van der Waals surface area (Å²) in [6.07, 6.45) is 10.6. The van der Waals surface area contributed by atoms with Crippen LogP contribution in [0, 0.1) is 0 Å². The molecular weight excluding hydrogens is 234 g/mol. The van der Waals surface area contributed by atoms with Gasteiger partial charge in [-0.25, -0.2) is 9.97 Å². The molecule has 0 aliphatic heterocycles. The average molecular weight is 253 g/mol. The largest absolute Gasteiger partial charge is 0.494 e. The lowest BCUT2D eigenvalue weighted by atomic mass is 9.95. The lowest BCUT2D eigenvalue weighted by molar-refractivity contribution is 0.410. The Hall–Kier alpha value is -0.970. The van der Waals surface area contributed by atoms with E-state index in [-0.39, 0.29) is 0 Å². The van der Waals surface area contributed by atoms with Crippen molar-refractivity contribution in [2.45, 2.75) is 37.0 Å². The Kier molecular flexibility index (Phi) is 4.48. The van der Waals surface area contributed by atoms with Gasteiger partial charge in [-0.1, -0.05) is 6.42 Å². The summed E-state index contributed by atoms with van der Waals surface area (Å²) >= 11 is 1.97. The Morgan fingerprint density at radius 1 is 1.35 bits per heavy atom. The minimum Gasteiger partial charge on any atom is -0.494 e. The molecule has 0 radical (unpaired) electrons. The normalized spacial score (nSPS) is 24.4. The Morgan fingerprint density at radius 3 is 2.76 bits per heavy atom. The lowest BCUT2D eigenvalue weighted by Gasteiger charge is -2.28. The summed E-state index contributed by atoms with van der Waals surface area (Å²) in [7, 11) is 1.62. The fraction of sp³-hybridized carbons (Fsp3) is 0.667. The summed E-state index contributed by atoms with van der Waals surface area (Å²) in [4.78, 5) is 8.48. The molecule has 1 N–H and O–H groups in total. The highest BCUT2D eigenvalue weighted by Gasteiger charge is 2.21. The van der Waals surface area contributed by atoms with Gasteiger partial charge in [0.1, 0.15) is 0 Å². The number of hydrogen-bond donors (Lipinski definition) is 1. The third-order valence-electron chi connectivity index (χ3n) is 3.16. The standard InChI is InChI=1S/C12H19N3OS/c1-16-10-7-13-12(14-8-10)15-9-4-3-5-11(6-9)17-2/h7-9,11H,3-6H2,1-2H3,(H,13,14,15). The third-order valence-corrected chi connectivity index (χ3v) is 4.25. The first-order valence-corrected chi connectivity index (χ1v) is 7.26. The van der Waals surface area contributed by atoms with Crippen LogP contribution in [-0.2, 0) is 0 Å². The van der Waals surface area contributed by atoms with Crippen LogP contribution in [-0.4, -0.2) is 34.6 Å². The van der Waals surface area contributed by atoms with Gasteiger partial charge in [-0.15, -0.1) is 0 Å². The monoisotopic (exact) mass is 253 g/mol. The maximum Gasteiger partial charge on any atom is 0.223 e.